The first kappa shape index (κ1) is 14.2. The molecule has 0 unspecified atom stereocenters. The molecule has 0 amide bonds. The van der Waals surface area contributed by atoms with Crippen molar-refractivity contribution in [3.05, 3.63) is 35.4 Å². The summed E-state index contributed by atoms with van der Waals surface area (Å²) in [5.41, 5.74) is -3.75. The Kier molecular flexibility index (Phi) is 5.20. The fourth-order valence-electron chi connectivity index (χ4n) is 1.12. The Balaban J connectivity index is 2.25. The van der Waals surface area contributed by atoms with Gasteiger partial charge in [-0.2, -0.15) is 13.2 Å². The molecule has 0 bridgehead atoms. The Morgan fingerprint density at radius 3 is 2.41 bits per heavy atom. The van der Waals surface area contributed by atoms with Crippen molar-refractivity contribution < 1.29 is 22.0 Å². The number of alkyl halides is 3. The fourth-order valence-corrected chi connectivity index (χ4v) is 1.60. The third-order valence-electron chi connectivity index (χ3n) is 1.86. The van der Waals surface area contributed by atoms with E-state index in [-0.39, 0.29) is 30.6 Å². The third-order valence-corrected chi connectivity index (χ3v) is 2.59. The van der Waals surface area contributed by atoms with E-state index in [1.165, 1.54) is 6.07 Å². The van der Waals surface area contributed by atoms with Gasteiger partial charge >= 0.3 is 5.51 Å². The normalized spacial score (nSPS) is 11.8. The highest BCUT2D eigenvalue weighted by molar-refractivity contribution is 8.00. The quantitative estimate of drug-likeness (QED) is 0.651. The molecule has 0 fully saturated rings. The van der Waals surface area contributed by atoms with Gasteiger partial charge in [0.05, 0.1) is 0 Å². The molecule has 0 atom stereocenters. The van der Waals surface area contributed by atoms with Crippen LogP contribution in [0.2, 0.25) is 0 Å². The molecule has 1 aromatic carbocycles. The number of benzene rings is 1. The maximum absolute atomic E-state index is 12.8. The summed E-state index contributed by atoms with van der Waals surface area (Å²) in [6, 6.07) is 3.37. The van der Waals surface area contributed by atoms with Gasteiger partial charge in [-0.25, -0.2) is 8.78 Å². The van der Waals surface area contributed by atoms with Gasteiger partial charge in [0.1, 0.15) is 0 Å². The maximum atomic E-state index is 12.8. The number of nitrogens with one attached hydrogen (secondary N) is 1. The number of thioether (sulfide) groups is 1. The van der Waals surface area contributed by atoms with Gasteiger partial charge in [-0.1, -0.05) is 6.07 Å². The molecule has 1 rings (SSSR count). The lowest BCUT2D eigenvalue weighted by Gasteiger charge is -2.07. The lowest BCUT2D eigenvalue weighted by atomic mass is 10.2. The number of hydrogen-bond acceptors (Lipinski definition) is 2. The molecule has 0 saturated heterocycles. The average Bonchev–Trinajstić information content (AvgIpc) is 2.21. The predicted octanol–water partition coefficient (Wildman–Crippen LogP) is 3.31. The van der Waals surface area contributed by atoms with Crippen LogP contribution < -0.4 is 5.32 Å². The molecule has 17 heavy (non-hydrogen) atoms. The molecule has 0 spiro atoms. The topological polar surface area (TPSA) is 12.0 Å². The molecular weight excluding hydrogens is 261 g/mol. The molecule has 0 aliphatic rings. The van der Waals surface area contributed by atoms with E-state index in [9.17, 15) is 22.0 Å². The zero-order chi connectivity index (χ0) is 12.9. The summed E-state index contributed by atoms with van der Waals surface area (Å²) >= 11 is -0.122. The molecule has 1 aromatic rings. The molecule has 0 heterocycles. The van der Waals surface area contributed by atoms with Crippen LogP contribution >= 0.6 is 11.8 Å². The van der Waals surface area contributed by atoms with Crippen LogP contribution in [0.5, 0.6) is 0 Å². The summed E-state index contributed by atoms with van der Waals surface area (Å²) in [7, 11) is 0. The van der Waals surface area contributed by atoms with Crippen LogP contribution in [0.3, 0.4) is 0 Å². The van der Waals surface area contributed by atoms with E-state index >= 15 is 0 Å². The lowest BCUT2D eigenvalue weighted by molar-refractivity contribution is -0.0327. The minimum atomic E-state index is -4.23. The van der Waals surface area contributed by atoms with Crippen LogP contribution in [-0.4, -0.2) is 17.8 Å². The second-order valence-corrected chi connectivity index (χ2v) is 4.38. The number of halogens is 5. The van der Waals surface area contributed by atoms with E-state index < -0.39 is 17.1 Å². The van der Waals surface area contributed by atoms with E-state index in [4.69, 9.17) is 0 Å². The van der Waals surface area contributed by atoms with Gasteiger partial charge in [0.2, 0.25) is 0 Å². The van der Waals surface area contributed by atoms with Crippen molar-refractivity contribution >= 4 is 11.8 Å². The summed E-state index contributed by atoms with van der Waals surface area (Å²) in [5.74, 6) is -2.02. The molecule has 7 heteroatoms. The first-order valence-electron chi connectivity index (χ1n) is 4.74. The first-order valence-corrected chi connectivity index (χ1v) is 5.72. The van der Waals surface area contributed by atoms with Crippen LogP contribution in [0.1, 0.15) is 5.56 Å². The second-order valence-electron chi connectivity index (χ2n) is 3.22. The Morgan fingerprint density at radius 2 is 1.82 bits per heavy atom. The van der Waals surface area contributed by atoms with Gasteiger partial charge in [-0.15, -0.1) is 0 Å². The van der Waals surface area contributed by atoms with Crippen molar-refractivity contribution in [2.24, 2.45) is 0 Å². The standard InChI is InChI=1S/C10H10F5NS/c11-8-2-1-7(5-9(8)12)6-16-3-4-17-10(13,14)15/h1-2,5,16H,3-4,6H2. The Bertz CT molecular complexity index is 366. The van der Waals surface area contributed by atoms with Gasteiger partial charge < -0.3 is 5.32 Å². The van der Waals surface area contributed by atoms with Gasteiger partial charge in [0, 0.05) is 18.8 Å². The highest BCUT2D eigenvalue weighted by Crippen LogP contribution is 2.29. The van der Waals surface area contributed by atoms with Gasteiger partial charge in [-0.05, 0) is 29.5 Å². The van der Waals surface area contributed by atoms with Crippen LogP contribution in [0.4, 0.5) is 22.0 Å². The van der Waals surface area contributed by atoms with E-state index in [0.717, 1.165) is 12.1 Å². The summed E-state index contributed by atoms with van der Waals surface area (Å²) < 4.78 is 60.5. The van der Waals surface area contributed by atoms with Crippen LogP contribution in [0.25, 0.3) is 0 Å². The maximum Gasteiger partial charge on any atom is 0.441 e. The van der Waals surface area contributed by atoms with Gasteiger partial charge in [0.25, 0.3) is 0 Å². The smallest absolute Gasteiger partial charge is 0.312 e. The average molecular weight is 271 g/mol. The van der Waals surface area contributed by atoms with E-state index in [2.05, 4.69) is 5.32 Å². The fraction of sp³-hybridized carbons (Fsp3) is 0.400. The SMILES string of the molecule is Fc1ccc(CNCCSC(F)(F)F)cc1F. The van der Waals surface area contributed by atoms with Crippen molar-refractivity contribution in [1.29, 1.82) is 0 Å². The van der Waals surface area contributed by atoms with Gasteiger partial charge in [-0.3, -0.25) is 0 Å². The summed E-state index contributed by atoms with van der Waals surface area (Å²) in [5, 5.41) is 2.71. The third kappa shape index (κ3) is 5.88. The zero-order valence-electron chi connectivity index (χ0n) is 8.65. The van der Waals surface area contributed by atoms with Crippen molar-refractivity contribution in [2.45, 2.75) is 12.1 Å². The first-order chi connectivity index (χ1) is 7.88. The molecule has 0 radical (unpaired) electrons. The van der Waals surface area contributed by atoms with Crippen molar-refractivity contribution in [2.75, 3.05) is 12.3 Å². The van der Waals surface area contributed by atoms with Gasteiger partial charge in [0.15, 0.2) is 11.6 Å². The minimum absolute atomic E-state index is 0.118. The van der Waals surface area contributed by atoms with E-state index in [1.54, 1.807) is 0 Å². The molecule has 0 saturated carbocycles. The molecule has 1 N–H and O–H groups in total. The predicted molar refractivity (Wildman–Crippen MR) is 56.6 cm³/mol. The van der Waals surface area contributed by atoms with Crippen LogP contribution in [0, 0.1) is 11.6 Å². The van der Waals surface area contributed by atoms with E-state index in [0.29, 0.717) is 5.56 Å². The Morgan fingerprint density at radius 1 is 1.12 bits per heavy atom. The molecular formula is C10H10F5NS. The van der Waals surface area contributed by atoms with Crippen molar-refractivity contribution in [1.82, 2.24) is 5.32 Å². The van der Waals surface area contributed by atoms with Crippen molar-refractivity contribution in [3.63, 3.8) is 0 Å². The van der Waals surface area contributed by atoms with Crippen LogP contribution in [-0.2, 0) is 6.54 Å². The highest BCUT2D eigenvalue weighted by atomic mass is 32.2. The Hall–Kier alpha value is -0.820. The molecule has 1 nitrogen and oxygen atoms in total. The monoisotopic (exact) mass is 271 g/mol. The number of hydrogen-bond donors (Lipinski definition) is 1. The Labute approximate surface area is 99.4 Å². The highest BCUT2D eigenvalue weighted by Gasteiger charge is 2.27. The summed E-state index contributed by atoms with van der Waals surface area (Å²) in [6.07, 6.45) is 0. The number of rotatable bonds is 5. The lowest BCUT2D eigenvalue weighted by Crippen LogP contribution is -2.18. The summed E-state index contributed by atoms with van der Waals surface area (Å²) in [4.78, 5) is 0. The molecule has 0 aromatic heterocycles. The second kappa shape index (κ2) is 6.20. The minimum Gasteiger partial charge on any atom is -0.312 e. The van der Waals surface area contributed by atoms with Crippen molar-refractivity contribution in [3.8, 4) is 0 Å². The molecule has 0 aliphatic carbocycles. The molecule has 96 valence electrons. The molecule has 0 aliphatic heterocycles. The van der Waals surface area contributed by atoms with E-state index in [1.807, 2.05) is 0 Å². The van der Waals surface area contributed by atoms with Crippen LogP contribution in [0.15, 0.2) is 18.2 Å². The summed E-state index contributed by atoms with van der Waals surface area (Å²) in [6.45, 7) is 0.346. The largest absolute Gasteiger partial charge is 0.441 e. The zero-order valence-corrected chi connectivity index (χ0v) is 9.47.